The Morgan fingerprint density at radius 2 is 1.56 bits per heavy atom. The van der Waals surface area contributed by atoms with Crippen molar-refractivity contribution in [3.8, 4) is 0 Å². The lowest BCUT2D eigenvalue weighted by molar-refractivity contribution is -1.02. The molecule has 0 aromatic heterocycles. The number of hydrogen-bond acceptors (Lipinski definition) is 3. The first-order valence-electron chi connectivity index (χ1n) is 9.33. The highest BCUT2D eigenvalue weighted by atomic mass is 16.5. The van der Waals surface area contributed by atoms with Crippen LogP contribution in [0.5, 0.6) is 0 Å². The third-order valence-electron chi connectivity index (χ3n) is 4.96. The Kier molecular flexibility index (Phi) is 6.57. The first-order valence-corrected chi connectivity index (χ1v) is 9.33. The number of carbonyl (C=O) groups excluding carboxylic acids is 2. The van der Waals surface area contributed by atoms with Gasteiger partial charge in [0.15, 0.2) is 6.54 Å². The maximum Gasteiger partial charge on any atom is 0.337 e. The van der Waals surface area contributed by atoms with Gasteiger partial charge in [0.25, 0.3) is 5.91 Å². The number of ether oxygens (including phenoxy) is 1. The summed E-state index contributed by atoms with van der Waals surface area (Å²) in [6, 6.07) is 17.3. The van der Waals surface area contributed by atoms with Crippen LogP contribution in [-0.4, -0.2) is 51.7 Å². The van der Waals surface area contributed by atoms with Crippen LogP contribution in [0.25, 0.3) is 0 Å². The molecule has 1 amide bonds. The molecule has 0 aliphatic carbocycles. The normalized spacial score (nSPS) is 19.3. The van der Waals surface area contributed by atoms with Gasteiger partial charge in [0.05, 0.1) is 12.7 Å². The van der Waals surface area contributed by atoms with Crippen molar-refractivity contribution < 1.29 is 24.1 Å². The van der Waals surface area contributed by atoms with E-state index in [9.17, 15) is 9.59 Å². The van der Waals surface area contributed by atoms with Crippen LogP contribution in [0, 0.1) is 0 Å². The molecule has 0 unspecified atom stereocenters. The zero-order chi connectivity index (χ0) is 19.1. The number of piperazine rings is 1. The number of amides is 1. The van der Waals surface area contributed by atoms with Gasteiger partial charge in [-0.05, 0) is 24.3 Å². The van der Waals surface area contributed by atoms with Crippen LogP contribution in [0.3, 0.4) is 0 Å². The molecule has 1 saturated heterocycles. The molecule has 27 heavy (non-hydrogen) atoms. The van der Waals surface area contributed by atoms with Gasteiger partial charge in [0.2, 0.25) is 0 Å². The van der Waals surface area contributed by atoms with E-state index in [1.165, 1.54) is 17.6 Å². The van der Waals surface area contributed by atoms with Crippen LogP contribution in [-0.2, 0) is 16.1 Å². The van der Waals surface area contributed by atoms with Crippen molar-refractivity contribution in [3.63, 3.8) is 0 Å². The minimum Gasteiger partial charge on any atom is -0.465 e. The fraction of sp³-hybridized carbons (Fsp3) is 0.333. The average Bonchev–Trinajstić information content (AvgIpc) is 2.70. The molecule has 2 aromatic rings. The molecular weight excluding hydrogens is 342 g/mol. The number of rotatable bonds is 6. The maximum atomic E-state index is 12.3. The third-order valence-corrected chi connectivity index (χ3v) is 4.96. The summed E-state index contributed by atoms with van der Waals surface area (Å²) in [7, 11) is 1.35. The molecule has 1 heterocycles. The predicted molar refractivity (Wildman–Crippen MR) is 103 cm³/mol. The zero-order valence-electron chi connectivity index (χ0n) is 15.7. The molecule has 1 aliphatic heterocycles. The third kappa shape index (κ3) is 5.64. The summed E-state index contributed by atoms with van der Waals surface area (Å²) in [6.07, 6.45) is 0. The lowest BCUT2D eigenvalue weighted by atomic mass is 10.2. The van der Waals surface area contributed by atoms with Crippen molar-refractivity contribution in [1.29, 1.82) is 0 Å². The molecule has 0 radical (unpaired) electrons. The van der Waals surface area contributed by atoms with Crippen molar-refractivity contribution in [1.82, 2.24) is 0 Å². The first-order chi connectivity index (χ1) is 13.1. The zero-order valence-corrected chi connectivity index (χ0v) is 15.7. The van der Waals surface area contributed by atoms with Gasteiger partial charge < -0.3 is 19.9 Å². The van der Waals surface area contributed by atoms with Gasteiger partial charge in [-0.2, -0.15) is 0 Å². The topological polar surface area (TPSA) is 64.3 Å². The quantitative estimate of drug-likeness (QED) is 0.596. The second kappa shape index (κ2) is 9.30. The Hall–Kier alpha value is -2.70. The summed E-state index contributed by atoms with van der Waals surface area (Å²) in [4.78, 5) is 26.6. The van der Waals surface area contributed by atoms with Crippen LogP contribution in [0.4, 0.5) is 5.69 Å². The first kappa shape index (κ1) is 19.1. The summed E-state index contributed by atoms with van der Waals surface area (Å²) in [5, 5.41) is 2.91. The Labute approximate surface area is 159 Å². The number of nitrogens with one attached hydrogen (secondary N) is 3. The number of carbonyl (C=O) groups is 2. The lowest BCUT2D eigenvalue weighted by Crippen LogP contribution is -3.28. The summed E-state index contributed by atoms with van der Waals surface area (Å²) in [6.45, 7) is 5.66. The van der Waals surface area contributed by atoms with E-state index in [-0.39, 0.29) is 11.9 Å². The van der Waals surface area contributed by atoms with Gasteiger partial charge in [-0.15, -0.1) is 0 Å². The number of hydrogen-bond donors (Lipinski definition) is 3. The van der Waals surface area contributed by atoms with Gasteiger partial charge in [-0.25, -0.2) is 4.79 Å². The van der Waals surface area contributed by atoms with Crippen LogP contribution in [0.15, 0.2) is 54.6 Å². The summed E-state index contributed by atoms with van der Waals surface area (Å²) in [5.74, 6) is -0.379. The molecular formula is C21H27N3O3+2. The van der Waals surface area contributed by atoms with Gasteiger partial charge in [-0.3, -0.25) is 4.79 Å². The monoisotopic (exact) mass is 369 g/mol. The van der Waals surface area contributed by atoms with E-state index in [2.05, 4.69) is 34.3 Å². The van der Waals surface area contributed by atoms with Crippen molar-refractivity contribution >= 4 is 17.6 Å². The van der Waals surface area contributed by atoms with E-state index in [0.717, 1.165) is 32.7 Å². The van der Waals surface area contributed by atoms with E-state index in [4.69, 9.17) is 0 Å². The molecule has 6 heteroatoms. The molecule has 3 N–H and O–H groups in total. The number of esters is 1. The van der Waals surface area contributed by atoms with Gasteiger partial charge in [-0.1, -0.05) is 30.3 Å². The highest BCUT2D eigenvalue weighted by molar-refractivity contribution is 5.93. The molecule has 0 spiro atoms. The molecule has 3 rings (SSSR count). The summed E-state index contributed by atoms with van der Waals surface area (Å²) >= 11 is 0. The number of methoxy groups -OCH3 is 1. The molecule has 142 valence electrons. The standard InChI is InChI=1S/C21H25N3O3/c1-27-21(26)18-7-9-19(10-8-18)22-20(25)16-24-13-11-23(12-14-24)15-17-5-3-2-4-6-17/h2-10H,11-16H2,1H3,(H,22,25)/p+2. The van der Waals surface area contributed by atoms with Gasteiger partial charge in [0.1, 0.15) is 32.7 Å². The minimum absolute atomic E-state index is 0.00216. The second-order valence-electron chi connectivity index (χ2n) is 6.96. The molecule has 1 fully saturated rings. The Bertz CT molecular complexity index is 754. The molecule has 0 bridgehead atoms. The van der Waals surface area contributed by atoms with Crippen molar-refractivity contribution in [3.05, 3.63) is 65.7 Å². The maximum absolute atomic E-state index is 12.3. The van der Waals surface area contributed by atoms with Crippen molar-refractivity contribution in [2.45, 2.75) is 6.54 Å². The number of anilines is 1. The highest BCUT2D eigenvalue weighted by Gasteiger charge is 2.24. The largest absolute Gasteiger partial charge is 0.465 e. The summed E-state index contributed by atoms with van der Waals surface area (Å²) < 4.78 is 4.67. The van der Waals surface area contributed by atoms with Crippen molar-refractivity contribution in [2.75, 3.05) is 45.2 Å². The van der Waals surface area contributed by atoms with Crippen LogP contribution < -0.4 is 15.1 Å². The van der Waals surface area contributed by atoms with E-state index >= 15 is 0 Å². The van der Waals surface area contributed by atoms with E-state index in [0.29, 0.717) is 17.8 Å². The van der Waals surface area contributed by atoms with Crippen LogP contribution >= 0.6 is 0 Å². The SMILES string of the molecule is COC(=O)c1ccc(NC(=O)C[NH+]2CC[NH+](Cc3ccccc3)CC2)cc1. The highest BCUT2D eigenvalue weighted by Crippen LogP contribution is 2.10. The Morgan fingerprint density at radius 3 is 2.19 bits per heavy atom. The molecule has 0 saturated carbocycles. The van der Waals surface area contributed by atoms with Gasteiger partial charge >= 0.3 is 5.97 Å². The second-order valence-corrected chi connectivity index (χ2v) is 6.96. The molecule has 6 nitrogen and oxygen atoms in total. The van der Waals surface area contributed by atoms with Crippen LogP contribution in [0.1, 0.15) is 15.9 Å². The lowest BCUT2D eigenvalue weighted by Gasteiger charge is -2.29. The predicted octanol–water partition coefficient (Wildman–Crippen LogP) is -0.605. The van der Waals surface area contributed by atoms with E-state index in [1.54, 1.807) is 29.2 Å². The molecule has 0 atom stereocenters. The average molecular weight is 369 g/mol. The fourth-order valence-corrected chi connectivity index (χ4v) is 3.43. The molecule has 1 aliphatic rings. The Balaban J connectivity index is 1.42. The minimum atomic E-state index is -0.381. The number of quaternary nitrogens is 2. The van der Waals surface area contributed by atoms with Crippen LogP contribution in [0.2, 0.25) is 0 Å². The Morgan fingerprint density at radius 1 is 0.926 bits per heavy atom. The summed E-state index contributed by atoms with van der Waals surface area (Å²) in [5.41, 5.74) is 2.53. The van der Waals surface area contributed by atoms with E-state index in [1.807, 2.05) is 6.07 Å². The smallest absolute Gasteiger partial charge is 0.337 e. The van der Waals surface area contributed by atoms with Gasteiger partial charge in [0, 0.05) is 11.3 Å². The van der Waals surface area contributed by atoms with E-state index < -0.39 is 0 Å². The van der Waals surface area contributed by atoms with Crippen molar-refractivity contribution in [2.24, 2.45) is 0 Å². The molecule has 2 aromatic carbocycles. The number of benzene rings is 2. The fourth-order valence-electron chi connectivity index (χ4n) is 3.43.